The van der Waals surface area contributed by atoms with Crippen molar-refractivity contribution in [2.24, 2.45) is 5.41 Å². The summed E-state index contributed by atoms with van der Waals surface area (Å²) in [7, 11) is 0. The van der Waals surface area contributed by atoms with Gasteiger partial charge in [0.05, 0.1) is 0 Å². The van der Waals surface area contributed by atoms with Crippen molar-refractivity contribution in [1.82, 2.24) is 4.90 Å². The van der Waals surface area contributed by atoms with Crippen LogP contribution in [0.2, 0.25) is 0 Å². The summed E-state index contributed by atoms with van der Waals surface area (Å²) in [5.74, 6) is 0. The number of hydrogen-bond donors (Lipinski definition) is 0. The summed E-state index contributed by atoms with van der Waals surface area (Å²) in [5, 5.41) is 0. The topological polar surface area (TPSA) is 3.24 Å². The van der Waals surface area contributed by atoms with Crippen molar-refractivity contribution in [3.63, 3.8) is 0 Å². The Bertz CT molecular complexity index is 148. The minimum absolute atomic E-state index is 0.625. The van der Waals surface area contributed by atoms with Gasteiger partial charge in [0.25, 0.3) is 0 Å². The van der Waals surface area contributed by atoms with E-state index in [1.165, 1.54) is 45.2 Å². The lowest BCUT2D eigenvalue weighted by atomic mass is 9.80. The smallest absolute Gasteiger partial charge is 0.00952 e. The zero-order valence-electron chi connectivity index (χ0n) is 8.47. The molecule has 0 aromatic heterocycles. The SMILES string of the molecule is CC1(C)CCN(C2CCC2)CC1. The fourth-order valence-corrected chi connectivity index (χ4v) is 2.25. The van der Waals surface area contributed by atoms with E-state index in [9.17, 15) is 0 Å². The predicted octanol–water partition coefficient (Wildman–Crippen LogP) is 2.66. The van der Waals surface area contributed by atoms with Gasteiger partial charge in [-0.05, 0) is 44.2 Å². The fraction of sp³-hybridized carbons (Fsp3) is 1.00. The molecule has 70 valence electrons. The highest BCUT2D eigenvalue weighted by Crippen LogP contribution is 2.34. The van der Waals surface area contributed by atoms with Crippen LogP contribution in [0.4, 0.5) is 0 Å². The maximum absolute atomic E-state index is 2.72. The number of nitrogens with zero attached hydrogens (tertiary/aromatic N) is 1. The van der Waals surface area contributed by atoms with Gasteiger partial charge in [0, 0.05) is 6.04 Å². The molecule has 1 aliphatic carbocycles. The molecule has 0 amide bonds. The first-order valence-electron chi connectivity index (χ1n) is 5.41. The van der Waals surface area contributed by atoms with E-state index in [1.807, 2.05) is 0 Å². The lowest BCUT2D eigenvalue weighted by Gasteiger charge is -2.44. The van der Waals surface area contributed by atoms with E-state index < -0.39 is 0 Å². The van der Waals surface area contributed by atoms with Gasteiger partial charge in [-0.2, -0.15) is 0 Å². The van der Waals surface area contributed by atoms with Gasteiger partial charge in [0.1, 0.15) is 0 Å². The fourth-order valence-electron chi connectivity index (χ4n) is 2.25. The summed E-state index contributed by atoms with van der Waals surface area (Å²) in [6.45, 7) is 7.53. The van der Waals surface area contributed by atoms with Crippen molar-refractivity contribution in [2.75, 3.05) is 13.1 Å². The van der Waals surface area contributed by atoms with Gasteiger partial charge < -0.3 is 4.90 Å². The van der Waals surface area contributed by atoms with E-state index in [0.29, 0.717) is 5.41 Å². The third kappa shape index (κ3) is 1.66. The molecule has 0 bridgehead atoms. The second-order valence-corrected chi connectivity index (χ2v) is 5.28. The van der Waals surface area contributed by atoms with Crippen molar-refractivity contribution in [3.05, 3.63) is 0 Å². The van der Waals surface area contributed by atoms with Crippen LogP contribution in [0.1, 0.15) is 46.0 Å². The number of likely N-dealkylation sites (tertiary alicyclic amines) is 1. The van der Waals surface area contributed by atoms with Gasteiger partial charge >= 0.3 is 0 Å². The first-order chi connectivity index (χ1) is 5.67. The Labute approximate surface area is 76.1 Å². The minimum Gasteiger partial charge on any atom is -0.300 e. The first-order valence-corrected chi connectivity index (χ1v) is 5.41. The third-order valence-electron chi connectivity index (χ3n) is 3.74. The van der Waals surface area contributed by atoms with Gasteiger partial charge in [-0.25, -0.2) is 0 Å². The van der Waals surface area contributed by atoms with Gasteiger partial charge in [0.15, 0.2) is 0 Å². The molecule has 0 N–H and O–H groups in total. The second kappa shape index (κ2) is 3.02. The summed E-state index contributed by atoms with van der Waals surface area (Å²) in [4.78, 5) is 2.72. The molecule has 0 unspecified atom stereocenters. The average Bonchev–Trinajstić information content (AvgIpc) is 1.89. The molecule has 0 spiro atoms. The normalized spacial score (nSPS) is 31.5. The molecule has 1 saturated heterocycles. The molecule has 1 heteroatoms. The summed E-state index contributed by atoms with van der Waals surface area (Å²) >= 11 is 0. The van der Waals surface area contributed by atoms with Gasteiger partial charge in [-0.1, -0.05) is 20.3 Å². The van der Waals surface area contributed by atoms with Crippen molar-refractivity contribution >= 4 is 0 Å². The summed E-state index contributed by atoms with van der Waals surface area (Å²) in [5.41, 5.74) is 0.625. The number of rotatable bonds is 1. The van der Waals surface area contributed by atoms with E-state index >= 15 is 0 Å². The summed E-state index contributed by atoms with van der Waals surface area (Å²) in [6, 6.07) is 0.973. The van der Waals surface area contributed by atoms with Crippen molar-refractivity contribution < 1.29 is 0 Å². The molecular formula is C11H21N. The minimum atomic E-state index is 0.625. The van der Waals surface area contributed by atoms with E-state index in [-0.39, 0.29) is 0 Å². The Kier molecular flexibility index (Phi) is 2.16. The number of hydrogen-bond acceptors (Lipinski definition) is 1. The Balaban J connectivity index is 1.81. The van der Waals surface area contributed by atoms with E-state index in [4.69, 9.17) is 0 Å². The van der Waals surface area contributed by atoms with Gasteiger partial charge in [-0.3, -0.25) is 0 Å². The average molecular weight is 167 g/mol. The van der Waals surface area contributed by atoms with Gasteiger partial charge in [0.2, 0.25) is 0 Å². The molecule has 2 rings (SSSR count). The molecule has 1 aliphatic heterocycles. The Morgan fingerprint density at radius 2 is 1.67 bits per heavy atom. The Hall–Kier alpha value is -0.0400. The first kappa shape index (κ1) is 8.55. The molecule has 12 heavy (non-hydrogen) atoms. The monoisotopic (exact) mass is 167 g/mol. The zero-order valence-corrected chi connectivity index (χ0v) is 8.47. The lowest BCUT2D eigenvalue weighted by molar-refractivity contribution is 0.0587. The summed E-state index contributed by atoms with van der Waals surface area (Å²) < 4.78 is 0. The van der Waals surface area contributed by atoms with Crippen molar-refractivity contribution in [2.45, 2.75) is 52.0 Å². The van der Waals surface area contributed by atoms with Crippen LogP contribution >= 0.6 is 0 Å². The molecule has 1 saturated carbocycles. The van der Waals surface area contributed by atoms with Crippen LogP contribution in [-0.4, -0.2) is 24.0 Å². The maximum atomic E-state index is 2.72. The second-order valence-electron chi connectivity index (χ2n) is 5.28. The van der Waals surface area contributed by atoms with Crippen LogP contribution in [0.5, 0.6) is 0 Å². The van der Waals surface area contributed by atoms with E-state index in [2.05, 4.69) is 18.7 Å². The molecule has 1 heterocycles. The number of piperidine rings is 1. The molecule has 2 fully saturated rings. The molecule has 2 aliphatic rings. The highest BCUT2D eigenvalue weighted by molar-refractivity contribution is 4.86. The van der Waals surface area contributed by atoms with Crippen LogP contribution < -0.4 is 0 Å². The van der Waals surface area contributed by atoms with E-state index in [0.717, 1.165) is 6.04 Å². The highest BCUT2D eigenvalue weighted by atomic mass is 15.2. The standard InChI is InChI=1S/C11H21N/c1-11(2)6-8-12(9-7-11)10-4-3-5-10/h10H,3-9H2,1-2H3. The molecule has 0 aromatic rings. The predicted molar refractivity (Wildman–Crippen MR) is 52.2 cm³/mol. The van der Waals surface area contributed by atoms with Crippen molar-refractivity contribution in [1.29, 1.82) is 0 Å². The van der Waals surface area contributed by atoms with Crippen LogP contribution in [0.25, 0.3) is 0 Å². The molecular weight excluding hydrogens is 146 g/mol. The zero-order chi connectivity index (χ0) is 8.60. The van der Waals surface area contributed by atoms with E-state index in [1.54, 1.807) is 0 Å². The van der Waals surface area contributed by atoms with Crippen LogP contribution in [0.3, 0.4) is 0 Å². The van der Waals surface area contributed by atoms with Crippen LogP contribution in [0, 0.1) is 5.41 Å². The Morgan fingerprint density at radius 1 is 1.08 bits per heavy atom. The summed E-state index contributed by atoms with van der Waals surface area (Å²) in [6.07, 6.45) is 7.23. The highest BCUT2D eigenvalue weighted by Gasteiger charge is 2.31. The maximum Gasteiger partial charge on any atom is 0.00952 e. The molecule has 0 aromatic carbocycles. The molecule has 1 nitrogen and oxygen atoms in total. The van der Waals surface area contributed by atoms with Crippen molar-refractivity contribution in [3.8, 4) is 0 Å². The lowest BCUT2D eigenvalue weighted by Crippen LogP contribution is -2.46. The molecule has 0 radical (unpaired) electrons. The molecule has 0 atom stereocenters. The largest absolute Gasteiger partial charge is 0.300 e. The van der Waals surface area contributed by atoms with Gasteiger partial charge in [-0.15, -0.1) is 0 Å². The van der Waals surface area contributed by atoms with Crippen LogP contribution in [0.15, 0.2) is 0 Å². The van der Waals surface area contributed by atoms with Crippen LogP contribution in [-0.2, 0) is 0 Å². The quantitative estimate of drug-likeness (QED) is 0.580. The third-order valence-corrected chi connectivity index (χ3v) is 3.74. The Morgan fingerprint density at radius 3 is 2.08 bits per heavy atom.